The van der Waals surface area contributed by atoms with Crippen molar-refractivity contribution in [2.75, 3.05) is 7.11 Å². The van der Waals surface area contributed by atoms with Gasteiger partial charge in [-0.25, -0.2) is 4.68 Å². The molecule has 0 aromatic carbocycles. The number of aryl methyl sites for hydroxylation is 1. The molecule has 0 aliphatic rings. The topological polar surface area (TPSA) is 78.3 Å². The van der Waals surface area contributed by atoms with E-state index in [0.717, 1.165) is 4.68 Å². The van der Waals surface area contributed by atoms with Crippen LogP contribution in [-0.4, -0.2) is 29.1 Å². The van der Waals surface area contributed by atoms with Crippen LogP contribution in [0.25, 0.3) is 0 Å². The van der Waals surface area contributed by atoms with E-state index in [2.05, 4.69) is 9.84 Å². The van der Waals surface area contributed by atoms with E-state index in [1.54, 1.807) is 6.92 Å². The summed E-state index contributed by atoms with van der Waals surface area (Å²) in [6.07, 6.45) is 1.91. The maximum atomic E-state index is 11.8. The predicted octanol–water partition coefficient (Wildman–Crippen LogP) is -0.534. The lowest BCUT2D eigenvalue weighted by molar-refractivity contribution is -0.139. The summed E-state index contributed by atoms with van der Waals surface area (Å²) in [5, 5.41) is 3.78. The summed E-state index contributed by atoms with van der Waals surface area (Å²) in [4.78, 5) is 33.2. The molecule has 1 rings (SSSR count). The fourth-order valence-electron chi connectivity index (χ4n) is 1.24. The van der Waals surface area contributed by atoms with Gasteiger partial charge in [0.05, 0.1) is 19.7 Å². The van der Waals surface area contributed by atoms with E-state index in [-0.39, 0.29) is 13.0 Å². The first-order chi connectivity index (χ1) is 7.60. The Hall–Kier alpha value is -1.98. The highest BCUT2D eigenvalue weighted by molar-refractivity contribution is 5.72. The zero-order valence-electron chi connectivity index (χ0n) is 9.10. The van der Waals surface area contributed by atoms with Crippen LogP contribution in [-0.2, 0) is 27.3 Å². The largest absolute Gasteiger partial charge is 0.469 e. The first-order valence-electron chi connectivity index (χ1n) is 4.66. The Labute approximate surface area is 91.8 Å². The number of hydrogen-bond acceptors (Lipinski definition) is 5. The Bertz CT molecular complexity index is 464. The minimum atomic E-state index is -0.496. The Balaban J connectivity index is 3.15. The lowest BCUT2D eigenvalue weighted by atomic mass is 10.1. The Morgan fingerprint density at radius 3 is 2.88 bits per heavy atom. The van der Waals surface area contributed by atoms with Gasteiger partial charge in [-0.15, -0.1) is 0 Å². The number of carbonyl (C=O) groups is 2. The van der Waals surface area contributed by atoms with Crippen molar-refractivity contribution in [3.05, 3.63) is 27.7 Å². The number of methoxy groups -OCH3 is 1. The molecule has 6 nitrogen and oxygen atoms in total. The first-order valence-corrected chi connectivity index (χ1v) is 4.66. The van der Waals surface area contributed by atoms with Gasteiger partial charge in [0.1, 0.15) is 12.8 Å². The fourth-order valence-corrected chi connectivity index (χ4v) is 1.24. The molecular formula is C10H12N2O4. The lowest BCUT2D eigenvalue weighted by Crippen LogP contribution is -2.29. The number of ether oxygens (including phenoxy) is 1. The van der Waals surface area contributed by atoms with Gasteiger partial charge in [0.25, 0.3) is 5.56 Å². The second kappa shape index (κ2) is 5.20. The molecule has 16 heavy (non-hydrogen) atoms. The van der Waals surface area contributed by atoms with Gasteiger partial charge in [0.15, 0.2) is 0 Å². The van der Waals surface area contributed by atoms with Crippen molar-refractivity contribution >= 4 is 12.3 Å². The van der Waals surface area contributed by atoms with Gasteiger partial charge in [0.2, 0.25) is 0 Å². The summed E-state index contributed by atoms with van der Waals surface area (Å²) in [6.45, 7) is 1.56. The van der Waals surface area contributed by atoms with Crippen molar-refractivity contribution in [2.45, 2.75) is 19.9 Å². The van der Waals surface area contributed by atoms with Crippen LogP contribution >= 0.6 is 0 Å². The molecule has 1 aromatic rings. The van der Waals surface area contributed by atoms with Crippen LogP contribution in [0.3, 0.4) is 0 Å². The summed E-state index contributed by atoms with van der Waals surface area (Å²) in [5.41, 5.74) is 0.485. The summed E-state index contributed by atoms with van der Waals surface area (Å²) >= 11 is 0. The average Bonchev–Trinajstić information content (AvgIpc) is 2.28. The highest BCUT2D eigenvalue weighted by Gasteiger charge is 2.12. The van der Waals surface area contributed by atoms with Gasteiger partial charge in [-0.3, -0.25) is 9.59 Å². The third-order valence-electron chi connectivity index (χ3n) is 2.16. The molecule has 86 valence electrons. The van der Waals surface area contributed by atoms with Gasteiger partial charge in [-0.2, -0.15) is 5.10 Å². The van der Waals surface area contributed by atoms with Gasteiger partial charge in [-0.1, -0.05) is 0 Å². The van der Waals surface area contributed by atoms with E-state index in [0.29, 0.717) is 17.4 Å². The zero-order valence-corrected chi connectivity index (χ0v) is 9.10. The lowest BCUT2D eigenvalue weighted by Gasteiger charge is -2.06. The minimum absolute atomic E-state index is 0.109. The van der Waals surface area contributed by atoms with Gasteiger partial charge >= 0.3 is 5.97 Å². The molecule has 0 aliphatic heterocycles. The molecule has 0 unspecified atom stereocenters. The molecule has 0 atom stereocenters. The minimum Gasteiger partial charge on any atom is -0.469 e. The van der Waals surface area contributed by atoms with Crippen molar-refractivity contribution in [1.29, 1.82) is 0 Å². The molecule has 1 aromatic heterocycles. The van der Waals surface area contributed by atoms with E-state index in [1.165, 1.54) is 13.3 Å². The van der Waals surface area contributed by atoms with Crippen molar-refractivity contribution in [3.63, 3.8) is 0 Å². The normalized spacial score (nSPS) is 9.88. The quantitative estimate of drug-likeness (QED) is 0.507. The van der Waals surface area contributed by atoms with E-state index in [4.69, 9.17) is 0 Å². The first kappa shape index (κ1) is 12.1. The highest BCUT2D eigenvalue weighted by Crippen LogP contribution is 2.01. The van der Waals surface area contributed by atoms with E-state index >= 15 is 0 Å². The predicted molar refractivity (Wildman–Crippen MR) is 55.0 cm³/mol. The number of rotatable bonds is 4. The third kappa shape index (κ3) is 2.53. The van der Waals surface area contributed by atoms with Crippen LogP contribution in [0.4, 0.5) is 0 Å². The van der Waals surface area contributed by atoms with E-state index in [9.17, 15) is 14.4 Å². The molecule has 0 spiro atoms. The number of carbonyl (C=O) groups excluding carboxylic acids is 2. The van der Waals surface area contributed by atoms with Crippen molar-refractivity contribution in [3.8, 4) is 0 Å². The smallest absolute Gasteiger partial charge is 0.310 e. The molecule has 0 bridgehead atoms. The standard InChI is InChI=1S/C10H12N2O4/c1-7-6-11-12(3-4-13)10(15)8(7)5-9(14)16-2/h4,6H,3,5H2,1-2H3. The molecule has 6 heteroatoms. The second-order valence-electron chi connectivity index (χ2n) is 3.21. The van der Waals surface area contributed by atoms with E-state index in [1.807, 2.05) is 0 Å². The number of hydrogen-bond donors (Lipinski definition) is 0. The highest BCUT2D eigenvalue weighted by atomic mass is 16.5. The van der Waals surface area contributed by atoms with Crippen molar-refractivity contribution < 1.29 is 14.3 Å². The molecule has 0 saturated heterocycles. The van der Waals surface area contributed by atoms with Gasteiger partial charge < -0.3 is 9.53 Å². The van der Waals surface area contributed by atoms with Crippen LogP contribution < -0.4 is 5.56 Å². The number of esters is 1. The zero-order chi connectivity index (χ0) is 12.1. The van der Waals surface area contributed by atoms with Crippen LogP contribution in [0.5, 0.6) is 0 Å². The maximum absolute atomic E-state index is 11.8. The van der Waals surface area contributed by atoms with Crippen molar-refractivity contribution in [1.82, 2.24) is 9.78 Å². The molecule has 0 saturated carbocycles. The van der Waals surface area contributed by atoms with E-state index < -0.39 is 11.5 Å². The monoisotopic (exact) mass is 224 g/mol. The summed E-state index contributed by atoms with van der Waals surface area (Å²) in [7, 11) is 1.25. The summed E-state index contributed by atoms with van der Waals surface area (Å²) < 4.78 is 5.50. The maximum Gasteiger partial charge on any atom is 0.310 e. The average molecular weight is 224 g/mol. The summed E-state index contributed by atoms with van der Waals surface area (Å²) in [6, 6.07) is 0. The number of nitrogens with zero attached hydrogens (tertiary/aromatic N) is 2. The van der Waals surface area contributed by atoms with Crippen molar-refractivity contribution in [2.24, 2.45) is 0 Å². The van der Waals surface area contributed by atoms with Crippen LogP contribution in [0, 0.1) is 6.92 Å². The number of aldehydes is 1. The Kier molecular flexibility index (Phi) is 3.93. The molecule has 1 heterocycles. The number of aromatic nitrogens is 2. The second-order valence-corrected chi connectivity index (χ2v) is 3.21. The summed E-state index contributed by atoms with van der Waals surface area (Å²) in [5.74, 6) is -0.496. The van der Waals surface area contributed by atoms with Gasteiger partial charge in [0, 0.05) is 5.56 Å². The molecule has 0 radical (unpaired) electrons. The van der Waals surface area contributed by atoms with Crippen LogP contribution in [0.2, 0.25) is 0 Å². The fraction of sp³-hybridized carbons (Fsp3) is 0.400. The van der Waals surface area contributed by atoms with Gasteiger partial charge in [-0.05, 0) is 12.5 Å². The molecule has 0 aliphatic carbocycles. The molecule has 0 N–H and O–H groups in total. The molecular weight excluding hydrogens is 212 g/mol. The van der Waals surface area contributed by atoms with Crippen LogP contribution in [0.15, 0.2) is 11.0 Å². The SMILES string of the molecule is COC(=O)Cc1c(C)cnn(CC=O)c1=O. The third-order valence-corrected chi connectivity index (χ3v) is 2.16. The Morgan fingerprint density at radius 2 is 2.31 bits per heavy atom. The molecule has 0 amide bonds. The molecule has 0 fully saturated rings. The Morgan fingerprint density at radius 1 is 1.62 bits per heavy atom. The van der Waals surface area contributed by atoms with Crippen LogP contribution in [0.1, 0.15) is 11.1 Å².